The Hall–Kier alpha value is -3.19. The summed E-state index contributed by atoms with van der Waals surface area (Å²) in [5, 5.41) is 8.16. The maximum absolute atomic E-state index is 12.6. The number of fused-ring (bicyclic) bond motifs is 1. The van der Waals surface area contributed by atoms with Crippen molar-refractivity contribution in [2.75, 3.05) is 26.6 Å². The van der Waals surface area contributed by atoms with Crippen LogP contribution >= 0.6 is 11.6 Å². The molecule has 0 radical (unpaired) electrons. The number of hydrogen-bond acceptors (Lipinski definition) is 5. The minimum Gasteiger partial charge on any atom is -0.493 e. The molecule has 30 heavy (non-hydrogen) atoms. The fourth-order valence-corrected chi connectivity index (χ4v) is 4.00. The van der Waals surface area contributed by atoms with Gasteiger partial charge >= 0.3 is 0 Å². The number of aromatic nitrogens is 2. The third-order valence-electron chi connectivity index (χ3n) is 5.38. The molecular weight excluding hydrogens is 406 g/mol. The molecule has 3 aromatic rings. The largest absolute Gasteiger partial charge is 0.493 e. The molecule has 0 saturated carbocycles. The summed E-state index contributed by atoms with van der Waals surface area (Å²) in [6.07, 6.45) is 2.06. The number of hydrogen-bond donors (Lipinski definition) is 1. The number of ether oxygens (including phenoxy) is 3. The molecule has 1 aliphatic heterocycles. The van der Waals surface area contributed by atoms with E-state index in [1.807, 2.05) is 37.3 Å². The number of carbonyl (C=O) groups is 1. The van der Waals surface area contributed by atoms with E-state index < -0.39 is 0 Å². The Kier molecular flexibility index (Phi) is 5.30. The third-order valence-corrected chi connectivity index (χ3v) is 5.79. The normalized spacial score (nSPS) is 15.4. The molecule has 156 valence electrons. The molecular formula is C22H22ClN3O4. The van der Waals surface area contributed by atoms with Crippen molar-refractivity contribution >= 4 is 23.3 Å². The summed E-state index contributed by atoms with van der Waals surface area (Å²) in [6, 6.07) is 9.35. The van der Waals surface area contributed by atoms with Crippen molar-refractivity contribution in [3.8, 4) is 22.9 Å². The molecule has 0 spiro atoms. The molecule has 0 aliphatic carbocycles. The Morgan fingerprint density at radius 2 is 1.83 bits per heavy atom. The number of benzene rings is 2. The summed E-state index contributed by atoms with van der Waals surface area (Å²) in [5.41, 5.74) is 3.48. The second kappa shape index (κ2) is 7.91. The Labute approximate surface area is 179 Å². The van der Waals surface area contributed by atoms with Crippen molar-refractivity contribution in [1.29, 1.82) is 0 Å². The van der Waals surface area contributed by atoms with Gasteiger partial charge in [0, 0.05) is 22.9 Å². The molecule has 1 amide bonds. The van der Waals surface area contributed by atoms with E-state index in [0.29, 0.717) is 28.1 Å². The van der Waals surface area contributed by atoms with Crippen LogP contribution in [0.25, 0.3) is 5.69 Å². The van der Waals surface area contributed by atoms with Crippen LogP contribution in [0.5, 0.6) is 17.2 Å². The first-order valence-electron chi connectivity index (χ1n) is 9.41. The van der Waals surface area contributed by atoms with Crippen molar-refractivity contribution in [3.05, 3.63) is 58.2 Å². The number of nitrogens with one attached hydrogen (secondary N) is 1. The molecule has 0 bridgehead atoms. The highest BCUT2D eigenvalue weighted by Crippen LogP contribution is 2.45. The van der Waals surface area contributed by atoms with E-state index >= 15 is 0 Å². The highest BCUT2D eigenvalue weighted by Gasteiger charge is 2.32. The topological polar surface area (TPSA) is 74.6 Å². The lowest BCUT2D eigenvalue weighted by molar-refractivity contribution is -0.116. The second-order valence-electron chi connectivity index (χ2n) is 7.01. The number of anilines is 1. The number of methoxy groups -OCH3 is 3. The molecule has 0 saturated heterocycles. The van der Waals surface area contributed by atoms with Crippen LogP contribution in [0.15, 0.2) is 36.5 Å². The van der Waals surface area contributed by atoms with Crippen LogP contribution in [-0.4, -0.2) is 37.0 Å². The molecule has 0 fully saturated rings. The molecule has 1 aromatic heterocycles. The van der Waals surface area contributed by atoms with Crippen molar-refractivity contribution in [2.24, 2.45) is 0 Å². The monoisotopic (exact) mass is 427 g/mol. The van der Waals surface area contributed by atoms with Gasteiger partial charge in [0.2, 0.25) is 11.7 Å². The Balaban J connectivity index is 1.86. The molecule has 2 aromatic carbocycles. The van der Waals surface area contributed by atoms with Crippen molar-refractivity contribution in [1.82, 2.24) is 9.78 Å². The van der Waals surface area contributed by atoms with Gasteiger partial charge in [0.25, 0.3) is 0 Å². The average molecular weight is 428 g/mol. The van der Waals surface area contributed by atoms with E-state index in [9.17, 15) is 4.79 Å². The summed E-state index contributed by atoms with van der Waals surface area (Å²) >= 11 is 6.29. The zero-order valence-corrected chi connectivity index (χ0v) is 17.9. The van der Waals surface area contributed by atoms with Gasteiger partial charge in [0.1, 0.15) is 5.82 Å². The van der Waals surface area contributed by atoms with Gasteiger partial charge in [0.15, 0.2) is 11.5 Å². The van der Waals surface area contributed by atoms with E-state index in [4.69, 9.17) is 25.8 Å². The molecule has 1 unspecified atom stereocenters. The van der Waals surface area contributed by atoms with E-state index in [0.717, 1.165) is 22.4 Å². The lowest BCUT2D eigenvalue weighted by atomic mass is 9.87. The highest BCUT2D eigenvalue weighted by molar-refractivity contribution is 6.31. The maximum Gasteiger partial charge on any atom is 0.226 e. The summed E-state index contributed by atoms with van der Waals surface area (Å²) in [5.74, 6) is 1.91. The van der Waals surface area contributed by atoms with Crippen molar-refractivity contribution in [2.45, 2.75) is 19.3 Å². The van der Waals surface area contributed by atoms with Gasteiger partial charge in [-0.2, -0.15) is 5.10 Å². The van der Waals surface area contributed by atoms with Gasteiger partial charge in [-0.15, -0.1) is 0 Å². The fraction of sp³-hybridized carbons (Fsp3) is 0.273. The lowest BCUT2D eigenvalue weighted by Crippen LogP contribution is -2.24. The maximum atomic E-state index is 12.6. The summed E-state index contributed by atoms with van der Waals surface area (Å²) in [4.78, 5) is 12.6. The van der Waals surface area contributed by atoms with Gasteiger partial charge in [-0.3, -0.25) is 4.79 Å². The molecule has 8 heteroatoms. The van der Waals surface area contributed by atoms with Gasteiger partial charge in [-0.05, 0) is 42.3 Å². The van der Waals surface area contributed by atoms with Crippen molar-refractivity contribution in [3.63, 3.8) is 0 Å². The number of halogens is 1. The standard InChI is InChI=1S/C22H22ClN3O4/c1-12-16(23)6-5-7-17(12)26-22-15(11-24-26)14(10-20(27)25-22)13-8-18(28-2)21(30-4)19(9-13)29-3/h5-9,11,14H,10H2,1-4H3,(H,25,27). The van der Waals surface area contributed by atoms with Crippen LogP contribution in [-0.2, 0) is 4.79 Å². The van der Waals surface area contributed by atoms with Gasteiger partial charge in [0.05, 0.1) is 33.2 Å². The Morgan fingerprint density at radius 3 is 2.47 bits per heavy atom. The van der Waals surface area contributed by atoms with Crippen molar-refractivity contribution < 1.29 is 19.0 Å². The minimum absolute atomic E-state index is 0.0947. The Bertz CT molecular complexity index is 1100. The smallest absolute Gasteiger partial charge is 0.226 e. The van der Waals surface area contributed by atoms with Crippen LogP contribution in [0.3, 0.4) is 0 Å². The Morgan fingerprint density at radius 1 is 1.13 bits per heavy atom. The molecule has 4 rings (SSSR count). The highest BCUT2D eigenvalue weighted by atomic mass is 35.5. The average Bonchev–Trinajstić information content (AvgIpc) is 3.17. The predicted octanol–water partition coefficient (Wildman–Crippen LogP) is 4.33. The quantitative estimate of drug-likeness (QED) is 0.655. The van der Waals surface area contributed by atoms with Crippen LogP contribution in [0, 0.1) is 6.92 Å². The molecule has 7 nitrogen and oxygen atoms in total. The second-order valence-corrected chi connectivity index (χ2v) is 7.42. The zero-order valence-electron chi connectivity index (χ0n) is 17.2. The first kappa shape index (κ1) is 20.1. The number of amides is 1. The van der Waals surface area contributed by atoms with E-state index in [-0.39, 0.29) is 18.2 Å². The van der Waals surface area contributed by atoms with E-state index in [1.54, 1.807) is 32.2 Å². The predicted molar refractivity (Wildman–Crippen MR) is 114 cm³/mol. The fourth-order valence-electron chi connectivity index (χ4n) is 3.83. The van der Waals surface area contributed by atoms with E-state index in [1.165, 1.54) is 0 Å². The summed E-state index contributed by atoms with van der Waals surface area (Å²) < 4.78 is 18.1. The first-order valence-corrected chi connectivity index (χ1v) is 9.79. The lowest BCUT2D eigenvalue weighted by Gasteiger charge is -2.25. The number of carbonyl (C=O) groups excluding carboxylic acids is 1. The SMILES string of the molecule is COc1cc(C2CC(=O)Nc3c2cnn3-c2cccc(Cl)c2C)cc(OC)c1OC. The number of nitrogens with zero attached hydrogens (tertiary/aromatic N) is 2. The summed E-state index contributed by atoms with van der Waals surface area (Å²) in [7, 11) is 4.70. The summed E-state index contributed by atoms with van der Waals surface area (Å²) in [6.45, 7) is 1.92. The van der Waals surface area contributed by atoms with Gasteiger partial charge < -0.3 is 19.5 Å². The van der Waals surface area contributed by atoms with Gasteiger partial charge in [-0.1, -0.05) is 17.7 Å². The van der Waals surface area contributed by atoms with Crippen LogP contribution in [0.4, 0.5) is 5.82 Å². The molecule has 1 aliphatic rings. The minimum atomic E-state index is -0.212. The van der Waals surface area contributed by atoms with Crippen LogP contribution in [0.1, 0.15) is 29.0 Å². The first-order chi connectivity index (χ1) is 14.5. The number of rotatable bonds is 5. The van der Waals surface area contributed by atoms with E-state index in [2.05, 4.69) is 10.4 Å². The third kappa shape index (κ3) is 3.25. The van der Waals surface area contributed by atoms with Crippen LogP contribution < -0.4 is 19.5 Å². The zero-order chi connectivity index (χ0) is 21.4. The van der Waals surface area contributed by atoms with Crippen LogP contribution in [0.2, 0.25) is 5.02 Å². The molecule has 1 atom stereocenters. The van der Waals surface area contributed by atoms with Gasteiger partial charge in [-0.25, -0.2) is 4.68 Å². The molecule has 1 N–H and O–H groups in total. The molecule has 2 heterocycles.